The van der Waals surface area contributed by atoms with Gasteiger partial charge in [0.2, 0.25) is 0 Å². The van der Waals surface area contributed by atoms with Gasteiger partial charge < -0.3 is 5.32 Å². The van der Waals surface area contributed by atoms with Gasteiger partial charge in [0, 0.05) is 18.9 Å². The monoisotopic (exact) mass is 241 g/mol. The molecule has 0 amide bonds. The Morgan fingerprint density at radius 1 is 1.00 bits per heavy atom. The largest absolute Gasteiger partial charge is 0.369 e. The van der Waals surface area contributed by atoms with Crippen LogP contribution in [-0.2, 0) is 12.8 Å². The summed E-state index contributed by atoms with van der Waals surface area (Å²) in [5.74, 6) is 0.926. The molecule has 0 aliphatic heterocycles. The third-order valence-electron chi connectivity index (χ3n) is 2.81. The minimum atomic E-state index is 0.921. The van der Waals surface area contributed by atoms with E-state index in [4.69, 9.17) is 0 Å². The molecular formula is C15H19N3. The second-order valence-corrected chi connectivity index (χ2v) is 4.26. The van der Waals surface area contributed by atoms with E-state index in [1.54, 1.807) is 12.4 Å². The standard InChI is InChI=1S/C15H19N3/c1-2-10-17-15-14(16-11-12-18-15)9-8-13-6-4-3-5-7-13/h3-7,11-12H,2,8-10H2,1H3,(H,17,18). The van der Waals surface area contributed by atoms with Gasteiger partial charge in [-0.15, -0.1) is 0 Å². The molecule has 0 atom stereocenters. The van der Waals surface area contributed by atoms with E-state index in [0.717, 1.165) is 37.3 Å². The molecule has 0 aliphatic carbocycles. The highest BCUT2D eigenvalue weighted by atomic mass is 15.0. The zero-order valence-electron chi connectivity index (χ0n) is 10.8. The van der Waals surface area contributed by atoms with Crippen LogP contribution in [0.3, 0.4) is 0 Å². The smallest absolute Gasteiger partial charge is 0.147 e. The molecule has 1 heterocycles. The van der Waals surface area contributed by atoms with Crippen molar-refractivity contribution < 1.29 is 0 Å². The summed E-state index contributed by atoms with van der Waals surface area (Å²) in [4.78, 5) is 8.78. The number of hydrogen-bond acceptors (Lipinski definition) is 3. The van der Waals surface area contributed by atoms with Crippen LogP contribution >= 0.6 is 0 Å². The van der Waals surface area contributed by atoms with E-state index in [1.807, 2.05) is 6.07 Å². The summed E-state index contributed by atoms with van der Waals surface area (Å²) in [6.07, 6.45) is 6.51. The summed E-state index contributed by atoms with van der Waals surface area (Å²) in [6, 6.07) is 10.5. The third-order valence-corrected chi connectivity index (χ3v) is 2.81. The van der Waals surface area contributed by atoms with Gasteiger partial charge in [0.1, 0.15) is 5.82 Å². The first-order chi connectivity index (χ1) is 8.90. The Morgan fingerprint density at radius 2 is 1.78 bits per heavy atom. The first kappa shape index (κ1) is 12.6. The highest BCUT2D eigenvalue weighted by molar-refractivity contribution is 5.39. The van der Waals surface area contributed by atoms with Gasteiger partial charge in [0.15, 0.2) is 0 Å². The molecule has 18 heavy (non-hydrogen) atoms. The Hall–Kier alpha value is -1.90. The molecule has 0 radical (unpaired) electrons. The Balaban J connectivity index is 2.00. The highest BCUT2D eigenvalue weighted by Gasteiger charge is 2.04. The number of anilines is 1. The number of nitrogens with zero attached hydrogens (tertiary/aromatic N) is 2. The van der Waals surface area contributed by atoms with Crippen LogP contribution in [0.5, 0.6) is 0 Å². The lowest BCUT2D eigenvalue weighted by Crippen LogP contribution is -2.07. The number of rotatable bonds is 6. The summed E-state index contributed by atoms with van der Waals surface area (Å²) in [5.41, 5.74) is 2.39. The molecule has 2 rings (SSSR count). The number of hydrogen-bond donors (Lipinski definition) is 1. The fourth-order valence-electron chi connectivity index (χ4n) is 1.85. The lowest BCUT2D eigenvalue weighted by molar-refractivity contribution is 0.885. The van der Waals surface area contributed by atoms with E-state index in [0.29, 0.717) is 0 Å². The lowest BCUT2D eigenvalue weighted by Gasteiger charge is -2.08. The van der Waals surface area contributed by atoms with Crippen molar-refractivity contribution in [3.8, 4) is 0 Å². The number of aryl methyl sites for hydroxylation is 2. The summed E-state index contributed by atoms with van der Waals surface area (Å²) < 4.78 is 0. The first-order valence-electron chi connectivity index (χ1n) is 6.48. The van der Waals surface area contributed by atoms with Gasteiger partial charge >= 0.3 is 0 Å². The molecule has 1 N–H and O–H groups in total. The van der Waals surface area contributed by atoms with E-state index in [9.17, 15) is 0 Å². The van der Waals surface area contributed by atoms with Crippen LogP contribution in [0.25, 0.3) is 0 Å². The number of benzene rings is 1. The molecule has 0 aliphatic rings. The van der Waals surface area contributed by atoms with Crippen molar-refractivity contribution in [2.24, 2.45) is 0 Å². The van der Waals surface area contributed by atoms with Crippen LogP contribution < -0.4 is 5.32 Å². The molecular weight excluding hydrogens is 222 g/mol. The maximum atomic E-state index is 4.42. The van der Waals surface area contributed by atoms with E-state index in [-0.39, 0.29) is 0 Å². The predicted molar refractivity (Wildman–Crippen MR) is 74.7 cm³/mol. The Labute approximate surface area is 108 Å². The van der Waals surface area contributed by atoms with Crippen LogP contribution in [-0.4, -0.2) is 16.5 Å². The minimum absolute atomic E-state index is 0.921. The van der Waals surface area contributed by atoms with Crippen molar-refractivity contribution in [1.82, 2.24) is 9.97 Å². The van der Waals surface area contributed by atoms with E-state index in [1.165, 1.54) is 5.56 Å². The molecule has 0 saturated heterocycles. The normalized spacial score (nSPS) is 10.3. The van der Waals surface area contributed by atoms with Gasteiger partial charge in [0.25, 0.3) is 0 Å². The van der Waals surface area contributed by atoms with Crippen molar-refractivity contribution in [2.45, 2.75) is 26.2 Å². The maximum absolute atomic E-state index is 4.42. The average molecular weight is 241 g/mol. The second kappa shape index (κ2) is 6.74. The highest BCUT2D eigenvalue weighted by Crippen LogP contribution is 2.12. The topological polar surface area (TPSA) is 37.8 Å². The van der Waals surface area contributed by atoms with Crippen molar-refractivity contribution in [3.05, 3.63) is 54.0 Å². The zero-order chi connectivity index (χ0) is 12.6. The van der Waals surface area contributed by atoms with Crippen molar-refractivity contribution in [1.29, 1.82) is 0 Å². The van der Waals surface area contributed by atoms with Crippen LogP contribution in [0, 0.1) is 0 Å². The fourth-order valence-corrected chi connectivity index (χ4v) is 1.85. The van der Waals surface area contributed by atoms with Crippen LogP contribution in [0.15, 0.2) is 42.7 Å². The minimum Gasteiger partial charge on any atom is -0.369 e. The second-order valence-electron chi connectivity index (χ2n) is 4.26. The molecule has 1 aromatic heterocycles. The third kappa shape index (κ3) is 3.55. The Bertz CT molecular complexity index is 468. The molecule has 3 heteroatoms. The van der Waals surface area contributed by atoms with E-state index in [2.05, 4.69) is 46.5 Å². The van der Waals surface area contributed by atoms with Crippen LogP contribution in [0.2, 0.25) is 0 Å². The molecule has 0 saturated carbocycles. The molecule has 3 nitrogen and oxygen atoms in total. The Morgan fingerprint density at radius 3 is 2.56 bits per heavy atom. The van der Waals surface area contributed by atoms with Crippen LogP contribution in [0.4, 0.5) is 5.82 Å². The lowest BCUT2D eigenvalue weighted by atomic mass is 10.1. The quantitative estimate of drug-likeness (QED) is 0.844. The van der Waals surface area contributed by atoms with Crippen molar-refractivity contribution in [3.63, 3.8) is 0 Å². The van der Waals surface area contributed by atoms with Gasteiger partial charge in [-0.1, -0.05) is 37.3 Å². The number of nitrogens with one attached hydrogen (secondary N) is 1. The number of aromatic nitrogens is 2. The van der Waals surface area contributed by atoms with Crippen molar-refractivity contribution in [2.75, 3.05) is 11.9 Å². The molecule has 1 aromatic carbocycles. The van der Waals surface area contributed by atoms with E-state index >= 15 is 0 Å². The molecule has 0 fully saturated rings. The molecule has 0 unspecified atom stereocenters. The molecule has 0 spiro atoms. The van der Waals surface area contributed by atoms with Crippen molar-refractivity contribution >= 4 is 5.82 Å². The van der Waals surface area contributed by atoms with Gasteiger partial charge in [-0.2, -0.15) is 0 Å². The van der Waals surface area contributed by atoms with Gasteiger partial charge in [0.05, 0.1) is 5.69 Å². The first-order valence-corrected chi connectivity index (χ1v) is 6.48. The van der Waals surface area contributed by atoms with Gasteiger partial charge in [-0.05, 0) is 24.8 Å². The Kier molecular flexibility index (Phi) is 4.70. The average Bonchev–Trinajstić information content (AvgIpc) is 2.45. The SMILES string of the molecule is CCCNc1nccnc1CCc1ccccc1. The fraction of sp³-hybridized carbons (Fsp3) is 0.333. The molecule has 0 bridgehead atoms. The summed E-state index contributed by atoms with van der Waals surface area (Å²) >= 11 is 0. The van der Waals surface area contributed by atoms with Gasteiger partial charge in [-0.3, -0.25) is 4.98 Å². The van der Waals surface area contributed by atoms with E-state index < -0.39 is 0 Å². The van der Waals surface area contributed by atoms with Crippen LogP contribution in [0.1, 0.15) is 24.6 Å². The predicted octanol–water partition coefficient (Wildman–Crippen LogP) is 3.08. The zero-order valence-corrected chi connectivity index (χ0v) is 10.8. The molecule has 94 valence electrons. The molecule has 2 aromatic rings. The summed E-state index contributed by atoms with van der Waals surface area (Å²) in [6.45, 7) is 3.09. The van der Waals surface area contributed by atoms with Gasteiger partial charge in [-0.25, -0.2) is 4.98 Å². The maximum Gasteiger partial charge on any atom is 0.147 e. The summed E-state index contributed by atoms with van der Waals surface area (Å²) in [5, 5.41) is 3.33. The summed E-state index contributed by atoms with van der Waals surface area (Å²) in [7, 11) is 0.